The zero-order valence-corrected chi connectivity index (χ0v) is 11.7. The van der Waals surface area contributed by atoms with Crippen LogP contribution in [0.5, 0.6) is 0 Å². The van der Waals surface area contributed by atoms with Crippen molar-refractivity contribution in [1.29, 1.82) is 0 Å². The smallest absolute Gasteiger partial charge is 0.271 e. The molecule has 7 heteroatoms. The van der Waals surface area contributed by atoms with Gasteiger partial charge in [0.15, 0.2) is 5.82 Å². The number of nitrogens with two attached hydrogens (primary N) is 1. The number of hydrogen-bond acceptors (Lipinski definition) is 6. The Bertz CT molecular complexity index is 409. The van der Waals surface area contributed by atoms with Gasteiger partial charge in [-0.3, -0.25) is 9.78 Å². The number of carbonyl (C=O) groups is 1. The highest BCUT2D eigenvalue weighted by atomic mass is 16.1. The minimum Gasteiger partial charge on any atom is -0.351 e. The van der Waals surface area contributed by atoms with E-state index < -0.39 is 0 Å². The first kappa shape index (κ1) is 15.3. The van der Waals surface area contributed by atoms with Gasteiger partial charge in [-0.1, -0.05) is 0 Å². The minimum atomic E-state index is -0.239. The van der Waals surface area contributed by atoms with E-state index in [1.54, 1.807) is 0 Å². The Balaban J connectivity index is 2.35. The molecule has 0 aliphatic carbocycles. The van der Waals surface area contributed by atoms with Gasteiger partial charge in [-0.2, -0.15) is 0 Å². The Morgan fingerprint density at radius 3 is 2.84 bits per heavy atom. The molecule has 0 saturated heterocycles. The van der Waals surface area contributed by atoms with Crippen LogP contribution in [0, 0.1) is 0 Å². The van der Waals surface area contributed by atoms with Crippen LogP contribution in [-0.4, -0.2) is 47.0 Å². The maximum absolute atomic E-state index is 11.8. The highest BCUT2D eigenvalue weighted by Gasteiger charge is 2.08. The lowest BCUT2D eigenvalue weighted by molar-refractivity contribution is 0.0946. The first-order chi connectivity index (χ1) is 9.04. The van der Waals surface area contributed by atoms with Crippen LogP contribution in [0.4, 0.5) is 5.82 Å². The molecule has 1 amide bonds. The molecule has 1 heterocycles. The van der Waals surface area contributed by atoms with Crippen molar-refractivity contribution < 1.29 is 4.79 Å². The number of carbonyl (C=O) groups excluding carboxylic acids is 1. The lowest BCUT2D eigenvalue weighted by atomic mass is 10.3. The third-order valence-corrected chi connectivity index (χ3v) is 2.87. The van der Waals surface area contributed by atoms with E-state index in [1.807, 2.05) is 0 Å². The van der Waals surface area contributed by atoms with Gasteiger partial charge in [0.25, 0.3) is 5.91 Å². The summed E-state index contributed by atoms with van der Waals surface area (Å²) >= 11 is 0. The highest BCUT2D eigenvalue weighted by Crippen LogP contribution is 2.00. The fourth-order valence-corrected chi connectivity index (χ4v) is 1.42. The summed E-state index contributed by atoms with van der Waals surface area (Å²) in [5, 5.41) is 2.81. The number of nitrogens with zero attached hydrogens (tertiary/aromatic N) is 3. The second kappa shape index (κ2) is 7.65. The van der Waals surface area contributed by atoms with Crippen LogP contribution in [0.3, 0.4) is 0 Å². The molecule has 0 unspecified atom stereocenters. The molecule has 0 radical (unpaired) electrons. The Labute approximate surface area is 113 Å². The molecule has 0 bridgehead atoms. The maximum Gasteiger partial charge on any atom is 0.271 e. The van der Waals surface area contributed by atoms with Crippen LogP contribution >= 0.6 is 0 Å². The summed E-state index contributed by atoms with van der Waals surface area (Å²) in [6.45, 7) is 5.82. The van der Waals surface area contributed by atoms with E-state index in [9.17, 15) is 4.79 Å². The van der Waals surface area contributed by atoms with E-state index in [2.05, 4.69) is 46.5 Å². The normalized spacial score (nSPS) is 10.8. The summed E-state index contributed by atoms with van der Waals surface area (Å²) in [5.41, 5.74) is 2.61. The molecule has 1 rings (SSSR count). The Morgan fingerprint density at radius 2 is 2.21 bits per heavy atom. The topological polar surface area (TPSA) is 96.2 Å². The molecule has 0 fully saturated rings. The van der Waals surface area contributed by atoms with Crippen LogP contribution in [0.15, 0.2) is 12.4 Å². The maximum atomic E-state index is 11.8. The average molecular weight is 266 g/mol. The number of anilines is 1. The van der Waals surface area contributed by atoms with Gasteiger partial charge in [-0.25, -0.2) is 10.8 Å². The molecule has 19 heavy (non-hydrogen) atoms. The summed E-state index contributed by atoms with van der Waals surface area (Å²) in [5.74, 6) is 5.34. The van der Waals surface area contributed by atoms with Crippen LogP contribution in [0.1, 0.15) is 30.8 Å². The summed E-state index contributed by atoms with van der Waals surface area (Å²) in [7, 11) is 2.06. The summed E-state index contributed by atoms with van der Waals surface area (Å²) < 4.78 is 0. The zero-order valence-electron chi connectivity index (χ0n) is 11.7. The molecule has 0 aliphatic rings. The Morgan fingerprint density at radius 1 is 1.47 bits per heavy atom. The SMILES string of the molecule is CC(C)N(C)CCCNC(=O)c1cncc(NN)n1. The molecule has 1 aromatic rings. The second-order valence-corrected chi connectivity index (χ2v) is 4.62. The van der Waals surface area contributed by atoms with E-state index in [0.29, 0.717) is 18.4 Å². The molecule has 0 aliphatic heterocycles. The number of nitrogens with one attached hydrogen (secondary N) is 2. The molecule has 1 aromatic heterocycles. The fourth-order valence-electron chi connectivity index (χ4n) is 1.42. The molecule has 0 saturated carbocycles. The predicted molar refractivity (Wildman–Crippen MR) is 74.6 cm³/mol. The van der Waals surface area contributed by atoms with E-state index >= 15 is 0 Å². The molecular formula is C12H22N6O. The van der Waals surface area contributed by atoms with Crippen molar-refractivity contribution in [3.05, 3.63) is 18.1 Å². The van der Waals surface area contributed by atoms with Gasteiger partial charge in [0.1, 0.15) is 5.69 Å². The standard InChI is InChI=1S/C12H22N6O/c1-9(2)18(3)6-4-5-15-12(19)10-7-14-8-11(16-10)17-13/h7-9H,4-6,13H2,1-3H3,(H,15,19)(H,16,17). The number of nitrogen functional groups attached to an aromatic ring is 1. The van der Waals surface area contributed by atoms with Gasteiger partial charge in [0.2, 0.25) is 0 Å². The van der Waals surface area contributed by atoms with Gasteiger partial charge >= 0.3 is 0 Å². The second-order valence-electron chi connectivity index (χ2n) is 4.62. The van der Waals surface area contributed by atoms with Crippen molar-refractivity contribution >= 4 is 11.7 Å². The van der Waals surface area contributed by atoms with Gasteiger partial charge in [-0.05, 0) is 33.9 Å². The van der Waals surface area contributed by atoms with Crippen molar-refractivity contribution in [2.45, 2.75) is 26.3 Å². The van der Waals surface area contributed by atoms with Crippen LogP contribution in [0.25, 0.3) is 0 Å². The van der Waals surface area contributed by atoms with Crippen molar-refractivity contribution in [3.63, 3.8) is 0 Å². The van der Waals surface area contributed by atoms with Crippen molar-refractivity contribution in [3.8, 4) is 0 Å². The van der Waals surface area contributed by atoms with Gasteiger partial charge in [0.05, 0.1) is 12.4 Å². The third kappa shape index (κ3) is 5.19. The molecule has 0 atom stereocenters. The Kier molecular flexibility index (Phi) is 6.17. The van der Waals surface area contributed by atoms with E-state index in [0.717, 1.165) is 13.0 Å². The number of aromatic nitrogens is 2. The number of hydrazine groups is 1. The van der Waals surface area contributed by atoms with Gasteiger partial charge < -0.3 is 15.6 Å². The molecule has 0 aromatic carbocycles. The van der Waals surface area contributed by atoms with Gasteiger partial charge in [-0.15, -0.1) is 0 Å². The lowest BCUT2D eigenvalue weighted by Crippen LogP contribution is -2.31. The quantitative estimate of drug-likeness (QED) is 0.371. The monoisotopic (exact) mass is 266 g/mol. The largest absolute Gasteiger partial charge is 0.351 e. The van der Waals surface area contributed by atoms with Crippen molar-refractivity contribution in [2.24, 2.45) is 5.84 Å². The first-order valence-corrected chi connectivity index (χ1v) is 6.31. The number of hydrogen-bond donors (Lipinski definition) is 3. The molecule has 7 nitrogen and oxygen atoms in total. The van der Waals surface area contributed by atoms with Crippen LogP contribution < -0.4 is 16.6 Å². The third-order valence-electron chi connectivity index (χ3n) is 2.87. The van der Waals surface area contributed by atoms with Crippen molar-refractivity contribution in [1.82, 2.24) is 20.2 Å². The summed E-state index contributed by atoms with van der Waals surface area (Å²) in [6.07, 6.45) is 3.76. The van der Waals surface area contributed by atoms with Gasteiger partial charge in [0, 0.05) is 12.6 Å². The summed E-state index contributed by atoms with van der Waals surface area (Å²) in [4.78, 5) is 21.9. The zero-order chi connectivity index (χ0) is 14.3. The highest BCUT2D eigenvalue weighted by molar-refractivity contribution is 5.92. The number of rotatable bonds is 7. The molecule has 106 valence electrons. The predicted octanol–water partition coefficient (Wildman–Crippen LogP) is 0.222. The summed E-state index contributed by atoms with van der Waals surface area (Å²) in [6, 6.07) is 0.508. The van der Waals surface area contributed by atoms with E-state index in [4.69, 9.17) is 5.84 Å². The minimum absolute atomic E-state index is 0.239. The van der Waals surface area contributed by atoms with Crippen LogP contribution in [0.2, 0.25) is 0 Å². The van der Waals surface area contributed by atoms with E-state index in [-0.39, 0.29) is 11.6 Å². The Hall–Kier alpha value is -1.73. The van der Waals surface area contributed by atoms with Crippen molar-refractivity contribution in [2.75, 3.05) is 25.6 Å². The lowest BCUT2D eigenvalue weighted by Gasteiger charge is -2.20. The molecule has 0 spiro atoms. The fraction of sp³-hybridized carbons (Fsp3) is 0.583. The molecule has 4 N–H and O–H groups in total. The average Bonchev–Trinajstić information content (AvgIpc) is 2.42. The van der Waals surface area contributed by atoms with Crippen LogP contribution in [-0.2, 0) is 0 Å². The van der Waals surface area contributed by atoms with E-state index in [1.165, 1.54) is 12.4 Å². The molecular weight excluding hydrogens is 244 g/mol. The number of amides is 1. The first-order valence-electron chi connectivity index (χ1n) is 6.31.